The summed E-state index contributed by atoms with van der Waals surface area (Å²) in [6.45, 7) is 8.58. The monoisotopic (exact) mass is 219 g/mol. The highest BCUT2D eigenvalue weighted by atomic mass is 35.5. The Kier molecular flexibility index (Phi) is 3.43. The van der Waals surface area contributed by atoms with Crippen molar-refractivity contribution in [2.24, 2.45) is 5.92 Å². The fraction of sp³-hybridized carbons (Fsp3) is 0.900. The number of hydrogen-bond acceptors (Lipinski definition) is 2. The van der Waals surface area contributed by atoms with E-state index in [0.717, 1.165) is 0 Å². The van der Waals surface area contributed by atoms with Crippen LogP contribution in [0, 0.1) is 5.92 Å². The van der Waals surface area contributed by atoms with Crippen LogP contribution >= 0.6 is 11.6 Å². The Morgan fingerprint density at radius 1 is 1.64 bits per heavy atom. The zero-order valence-electron chi connectivity index (χ0n) is 9.21. The van der Waals surface area contributed by atoms with E-state index in [1.807, 2.05) is 13.8 Å². The van der Waals surface area contributed by atoms with E-state index in [1.54, 1.807) is 4.90 Å². The summed E-state index contributed by atoms with van der Waals surface area (Å²) in [7, 11) is 0. The second kappa shape index (κ2) is 4.07. The molecule has 1 saturated heterocycles. The van der Waals surface area contributed by atoms with E-state index in [2.05, 4.69) is 13.8 Å². The molecule has 0 aliphatic carbocycles. The van der Waals surface area contributed by atoms with Gasteiger partial charge in [0, 0.05) is 0 Å². The minimum Gasteiger partial charge on any atom is -0.354 e. The summed E-state index contributed by atoms with van der Waals surface area (Å²) in [5, 5.41) is 0. The topological polar surface area (TPSA) is 29.5 Å². The van der Waals surface area contributed by atoms with Crippen LogP contribution in [0.3, 0.4) is 0 Å². The molecule has 0 radical (unpaired) electrons. The van der Waals surface area contributed by atoms with E-state index in [9.17, 15) is 4.79 Å². The quantitative estimate of drug-likeness (QED) is 0.664. The molecular weight excluding hydrogens is 202 g/mol. The zero-order chi connectivity index (χ0) is 10.9. The lowest BCUT2D eigenvalue weighted by Gasteiger charge is -2.34. The first-order chi connectivity index (χ1) is 6.40. The van der Waals surface area contributed by atoms with Crippen LogP contribution < -0.4 is 0 Å². The van der Waals surface area contributed by atoms with E-state index in [1.165, 1.54) is 0 Å². The Morgan fingerprint density at radius 3 is 2.64 bits per heavy atom. The zero-order valence-corrected chi connectivity index (χ0v) is 9.97. The number of amides is 1. The van der Waals surface area contributed by atoms with Gasteiger partial charge in [0.1, 0.15) is 11.6 Å². The van der Waals surface area contributed by atoms with Gasteiger partial charge in [-0.25, -0.2) is 0 Å². The molecule has 1 fully saturated rings. The maximum absolute atomic E-state index is 11.7. The Labute approximate surface area is 90.4 Å². The van der Waals surface area contributed by atoms with E-state index in [0.29, 0.717) is 12.5 Å². The predicted octanol–water partition coefficient (Wildman–Crippen LogP) is 1.84. The number of rotatable bonds is 2. The third kappa shape index (κ3) is 2.04. The van der Waals surface area contributed by atoms with Gasteiger partial charge in [-0.1, -0.05) is 13.8 Å². The number of alkyl halides is 1. The summed E-state index contributed by atoms with van der Waals surface area (Å²) in [6.07, 6.45) is 0. The second-order valence-corrected chi connectivity index (χ2v) is 4.73. The molecule has 0 N–H and O–H groups in total. The van der Waals surface area contributed by atoms with Gasteiger partial charge >= 0.3 is 0 Å². The lowest BCUT2D eigenvalue weighted by atomic mass is 10.0. The van der Waals surface area contributed by atoms with E-state index in [4.69, 9.17) is 16.3 Å². The molecule has 14 heavy (non-hydrogen) atoms. The molecule has 0 bridgehead atoms. The van der Waals surface area contributed by atoms with Crippen LogP contribution in [0.5, 0.6) is 0 Å². The molecule has 1 heterocycles. The van der Waals surface area contributed by atoms with Crippen LogP contribution in [0.15, 0.2) is 0 Å². The Hall–Kier alpha value is -0.280. The third-order valence-corrected chi connectivity index (χ3v) is 2.90. The van der Waals surface area contributed by atoms with Crippen molar-refractivity contribution >= 4 is 17.5 Å². The Bertz CT molecular complexity index is 228. The van der Waals surface area contributed by atoms with Crippen molar-refractivity contribution in [2.45, 2.75) is 39.5 Å². The van der Waals surface area contributed by atoms with Crippen molar-refractivity contribution in [1.29, 1.82) is 0 Å². The van der Waals surface area contributed by atoms with Crippen LogP contribution in [-0.2, 0) is 9.53 Å². The van der Waals surface area contributed by atoms with E-state index < -0.39 is 5.72 Å². The van der Waals surface area contributed by atoms with Crippen molar-refractivity contribution in [1.82, 2.24) is 4.90 Å². The van der Waals surface area contributed by atoms with Crippen molar-refractivity contribution in [2.75, 3.05) is 12.5 Å². The van der Waals surface area contributed by atoms with Gasteiger partial charge in [-0.15, -0.1) is 11.6 Å². The summed E-state index contributed by atoms with van der Waals surface area (Å²) in [5.74, 6) is 0.368. The standard InChI is InChI=1S/C10H18ClNO2/c1-7(2)8-6-14-10(3,4)12(8)9(13)5-11/h7-8H,5-6H2,1-4H3. The molecule has 1 amide bonds. The van der Waals surface area contributed by atoms with Crippen molar-refractivity contribution in [3.63, 3.8) is 0 Å². The molecular formula is C10H18ClNO2. The van der Waals surface area contributed by atoms with Crippen LogP contribution in [0.2, 0.25) is 0 Å². The molecule has 1 unspecified atom stereocenters. The molecule has 3 nitrogen and oxygen atoms in total. The maximum atomic E-state index is 11.7. The highest BCUT2D eigenvalue weighted by molar-refractivity contribution is 6.27. The normalized spacial score (nSPS) is 25.9. The number of hydrogen-bond donors (Lipinski definition) is 0. The number of nitrogens with zero attached hydrogens (tertiary/aromatic N) is 1. The first-order valence-corrected chi connectivity index (χ1v) is 5.45. The summed E-state index contributed by atoms with van der Waals surface area (Å²) in [6, 6.07) is 0.149. The summed E-state index contributed by atoms with van der Waals surface area (Å²) >= 11 is 5.58. The van der Waals surface area contributed by atoms with E-state index in [-0.39, 0.29) is 17.8 Å². The lowest BCUT2D eigenvalue weighted by Crippen LogP contribution is -2.50. The first kappa shape index (κ1) is 11.8. The fourth-order valence-corrected chi connectivity index (χ4v) is 2.00. The molecule has 0 spiro atoms. The molecule has 4 heteroatoms. The number of halogens is 1. The number of carbonyl (C=O) groups excluding carboxylic acids is 1. The van der Waals surface area contributed by atoms with Crippen LogP contribution in [0.25, 0.3) is 0 Å². The minimum absolute atomic E-state index is 0.0238. The summed E-state index contributed by atoms with van der Waals surface area (Å²) in [4.78, 5) is 13.4. The average Bonchev–Trinajstić information content (AvgIpc) is 2.40. The van der Waals surface area contributed by atoms with Crippen LogP contribution in [0.1, 0.15) is 27.7 Å². The van der Waals surface area contributed by atoms with Gasteiger partial charge in [0.2, 0.25) is 5.91 Å². The first-order valence-electron chi connectivity index (χ1n) is 4.92. The van der Waals surface area contributed by atoms with Crippen LogP contribution in [-0.4, -0.2) is 35.1 Å². The van der Waals surface area contributed by atoms with Crippen LogP contribution in [0.4, 0.5) is 0 Å². The molecule has 0 aromatic heterocycles. The van der Waals surface area contributed by atoms with E-state index >= 15 is 0 Å². The van der Waals surface area contributed by atoms with Crippen molar-refractivity contribution in [3.8, 4) is 0 Å². The van der Waals surface area contributed by atoms with Gasteiger partial charge < -0.3 is 9.64 Å². The van der Waals surface area contributed by atoms with Gasteiger partial charge in [0.15, 0.2) is 0 Å². The summed E-state index contributed by atoms with van der Waals surface area (Å²) in [5.41, 5.74) is -0.513. The predicted molar refractivity (Wildman–Crippen MR) is 56.2 cm³/mol. The third-order valence-electron chi connectivity index (χ3n) is 2.67. The average molecular weight is 220 g/mol. The van der Waals surface area contributed by atoms with Crippen molar-refractivity contribution in [3.05, 3.63) is 0 Å². The molecule has 1 aliphatic heterocycles. The van der Waals surface area contributed by atoms with Gasteiger partial charge in [0.05, 0.1) is 12.6 Å². The smallest absolute Gasteiger partial charge is 0.240 e. The molecule has 82 valence electrons. The molecule has 1 aliphatic rings. The summed E-state index contributed by atoms with van der Waals surface area (Å²) < 4.78 is 5.60. The minimum atomic E-state index is -0.513. The molecule has 1 atom stereocenters. The highest BCUT2D eigenvalue weighted by Gasteiger charge is 2.44. The maximum Gasteiger partial charge on any atom is 0.240 e. The molecule has 0 saturated carbocycles. The fourth-order valence-electron chi connectivity index (χ4n) is 1.87. The number of ether oxygens (including phenoxy) is 1. The SMILES string of the molecule is CC(C)C1COC(C)(C)N1C(=O)CCl. The molecule has 0 aromatic carbocycles. The highest BCUT2D eigenvalue weighted by Crippen LogP contribution is 2.30. The van der Waals surface area contributed by atoms with Gasteiger partial charge in [-0.05, 0) is 19.8 Å². The van der Waals surface area contributed by atoms with Gasteiger partial charge in [0.25, 0.3) is 0 Å². The van der Waals surface area contributed by atoms with Gasteiger partial charge in [-0.3, -0.25) is 4.79 Å². The largest absolute Gasteiger partial charge is 0.354 e. The Morgan fingerprint density at radius 2 is 2.21 bits per heavy atom. The lowest BCUT2D eigenvalue weighted by molar-refractivity contribution is -0.144. The Balaban J connectivity index is 2.87. The number of carbonyl (C=O) groups is 1. The second-order valence-electron chi connectivity index (χ2n) is 4.47. The molecule has 1 rings (SSSR count). The van der Waals surface area contributed by atoms with Gasteiger partial charge in [-0.2, -0.15) is 0 Å². The van der Waals surface area contributed by atoms with Crippen molar-refractivity contribution < 1.29 is 9.53 Å². The molecule has 0 aromatic rings.